The first-order valence-corrected chi connectivity index (χ1v) is 6.69. The molecular formula is C15H13ClFN3O2. The number of carbonyl (C=O) groups excluding carboxylic acids is 1. The van der Waals surface area contributed by atoms with Crippen LogP contribution in [0.4, 0.5) is 9.18 Å². The van der Waals surface area contributed by atoms with Gasteiger partial charge in [0.25, 0.3) is 0 Å². The van der Waals surface area contributed by atoms with Gasteiger partial charge in [0.15, 0.2) is 0 Å². The summed E-state index contributed by atoms with van der Waals surface area (Å²) in [7, 11) is 0. The van der Waals surface area contributed by atoms with Gasteiger partial charge < -0.3 is 10.5 Å². The molecule has 0 aromatic heterocycles. The van der Waals surface area contributed by atoms with Crippen molar-refractivity contribution < 1.29 is 13.9 Å². The summed E-state index contributed by atoms with van der Waals surface area (Å²) < 4.78 is 19.3. The fourth-order valence-electron chi connectivity index (χ4n) is 1.70. The zero-order valence-electron chi connectivity index (χ0n) is 11.4. The Morgan fingerprint density at radius 3 is 2.82 bits per heavy atom. The molecule has 7 heteroatoms. The highest BCUT2D eigenvalue weighted by molar-refractivity contribution is 6.31. The van der Waals surface area contributed by atoms with Crippen molar-refractivity contribution in [2.24, 2.45) is 10.8 Å². The number of halogens is 2. The van der Waals surface area contributed by atoms with Gasteiger partial charge in [0.1, 0.15) is 18.2 Å². The minimum atomic E-state index is -0.771. The Morgan fingerprint density at radius 2 is 2.09 bits per heavy atom. The van der Waals surface area contributed by atoms with Gasteiger partial charge in [-0.1, -0.05) is 29.8 Å². The van der Waals surface area contributed by atoms with Gasteiger partial charge in [0.2, 0.25) is 0 Å². The Balaban J connectivity index is 2.13. The molecule has 114 valence electrons. The summed E-state index contributed by atoms with van der Waals surface area (Å²) in [6, 6.07) is 10.6. The van der Waals surface area contributed by atoms with E-state index in [1.54, 1.807) is 30.3 Å². The quantitative estimate of drug-likeness (QED) is 0.656. The summed E-state index contributed by atoms with van der Waals surface area (Å²) in [5.41, 5.74) is 7.87. The summed E-state index contributed by atoms with van der Waals surface area (Å²) in [4.78, 5) is 10.6. The van der Waals surface area contributed by atoms with E-state index in [4.69, 9.17) is 22.1 Å². The second-order valence-corrected chi connectivity index (χ2v) is 4.67. The molecule has 0 heterocycles. The normalized spacial score (nSPS) is 10.6. The lowest BCUT2D eigenvalue weighted by Gasteiger charge is -2.10. The summed E-state index contributed by atoms with van der Waals surface area (Å²) in [5.74, 6) is 0.0332. The van der Waals surface area contributed by atoms with Crippen molar-refractivity contribution in [2.45, 2.75) is 6.61 Å². The number of rotatable bonds is 5. The van der Waals surface area contributed by atoms with E-state index in [2.05, 4.69) is 10.5 Å². The van der Waals surface area contributed by atoms with Crippen LogP contribution < -0.4 is 15.9 Å². The first-order valence-electron chi connectivity index (χ1n) is 6.31. The van der Waals surface area contributed by atoms with Gasteiger partial charge in [0.05, 0.1) is 11.2 Å². The van der Waals surface area contributed by atoms with Gasteiger partial charge in [-0.2, -0.15) is 5.10 Å². The zero-order chi connectivity index (χ0) is 15.9. The van der Waals surface area contributed by atoms with Gasteiger partial charge in [0, 0.05) is 11.1 Å². The van der Waals surface area contributed by atoms with Crippen LogP contribution in [0.5, 0.6) is 5.75 Å². The predicted molar refractivity (Wildman–Crippen MR) is 82.5 cm³/mol. The molecule has 0 atom stereocenters. The third kappa shape index (κ3) is 4.20. The average molecular weight is 322 g/mol. The van der Waals surface area contributed by atoms with Gasteiger partial charge in [-0.3, -0.25) is 0 Å². The smallest absolute Gasteiger partial charge is 0.332 e. The fourth-order valence-corrected chi connectivity index (χ4v) is 1.92. The molecule has 0 saturated heterocycles. The lowest BCUT2D eigenvalue weighted by Crippen LogP contribution is -2.24. The molecule has 2 aromatic carbocycles. The van der Waals surface area contributed by atoms with E-state index in [0.717, 1.165) is 0 Å². The number of hydrogen-bond acceptors (Lipinski definition) is 3. The molecule has 2 aromatic rings. The van der Waals surface area contributed by atoms with E-state index < -0.39 is 11.8 Å². The van der Waals surface area contributed by atoms with E-state index >= 15 is 0 Å². The van der Waals surface area contributed by atoms with E-state index in [9.17, 15) is 9.18 Å². The Labute approximate surface area is 131 Å². The Hall–Kier alpha value is -2.60. The van der Waals surface area contributed by atoms with Gasteiger partial charge in [-0.25, -0.2) is 14.6 Å². The molecule has 2 amide bonds. The monoisotopic (exact) mass is 321 g/mol. The number of urea groups is 1. The number of carbonyl (C=O) groups is 1. The molecule has 0 spiro atoms. The molecule has 0 radical (unpaired) electrons. The average Bonchev–Trinajstić information content (AvgIpc) is 2.48. The summed E-state index contributed by atoms with van der Waals surface area (Å²) in [6.45, 7) is -0.0282. The number of nitrogens with two attached hydrogens (primary N) is 1. The number of nitrogens with zero attached hydrogens (tertiary/aromatic N) is 1. The summed E-state index contributed by atoms with van der Waals surface area (Å²) in [6.07, 6.45) is 1.38. The Bertz CT molecular complexity index is 687. The first kappa shape index (κ1) is 15.8. The molecule has 0 unspecified atom stereocenters. The highest BCUT2D eigenvalue weighted by Crippen LogP contribution is 2.23. The van der Waals surface area contributed by atoms with Gasteiger partial charge in [-0.05, 0) is 24.3 Å². The van der Waals surface area contributed by atoms with E-state index in [-0.39, 0.29) is 12.2 Å². The molecule has 3 N–H and O–H groups in total. The number of benzene rings is 2. The Kier molecular flexibility index (Phi) is 5.32. The molecule has 0 aliphatic carbocycles. The fraction of sp³-hybridized carbons (Fsp3) is 0.0667. The van der Waals surface area contributed by atoms with Crippen LogP contribution in [0, 0.1) is 5.82 Å². The van der Waals surface area contributed by atoms with Crippen molar-refractivity contribution in [3.8, 4) is 5.75 Å². The Morgan fingerprint density at radius 1 is 1.32 bits per heavy atom. The van der Waals surface area contributed by atoms with Crippen molar-refractivity contribution in [1.29, 1.82) is 0 Å². The van der Waals surface area contributed by atoms with Crippen LogP contribution in [0.3, 0.4) is 0 Å². The largest absolute Gasteiger partial charge is 0.488 e. The van der Waals surface area contributed by atoms with Crippen LogP contribution in [-0.2, 0) is 6.61 Å². The number of hydrogen-bond donors (Lipinski definition) is 2. The van der Waals surface area contributed by atoms with Gasteiger partial charge >= 0.3 is 6.03 Å². The van der Waals surface area contributed by atoms with Crippen LogP contribution in [0.2, 0.25) is 5.02 Å². The number of primary amides is 1. The van der Waals surface area contributed by atoms with Crippen molar-refractivity contribution in [3.05, 3.63) is 64.4 Å². The predicted octanol–water partition coefficient (Wildman–Crippen LogP) is 3.06. The highest BCUT2D eigenvalue weighted by atomic mass is 35.5. The molecule has 5 nitrogen and oxygen atoms in total. The van der Waals surface area contributed by atoms with E-state index in [1.165, 1.54) is 18.3 Å². The third-order valence-electron chi connectivity index (χ3n) is 2.73. The number of para-hydroxylation sites is 1. The maximum Gasteiger partial charge on any atom is 0.332 e. The minimum absolute atomic E-state index is 0.0282. The number of nitrogens with one attached hydrogen (secondary N) is 1. The molecule has 0 fully saturated rings. The van der Waals surface area contributed by atoms with Crippen molar-refractivity contribution in [3.63, 3.8) is 0 Å². The minimum Gasteiger partial charge on any atom is -0.488 e. The van der Waals surface area contributed by atoms with Crippen molar-refractivity contribution in [1.82, 2.24) is 5.43 Å². The van der Waals surface area contributed by atoms with Crippen LogP contribution in [0.25, 0.3) is 0 Å². The highest BCUT2D eigenvalue weighted by Gasteiger charge is 2.09. The standard InChI is InChI=1S/C15H13ClFN3O2/c16-12-5-3-6-13(17)11(12)9-22-14-7-2-1-4-10(14)8-19-20-15(18)21/h1-8H,9H2,(H3,18,20,21)/b19-8+. The lowest BCUT2D eigenvalue weighted by molar-refractivity contribution is 0.249. The van der Waals surface area contributed by atoms with Crippen LogP contribution in [-0.4, -0.2) is 12.2 Å². The van der Waals surface area contributed by atoms with E-state index in [0.29, 0.717) is 16.3 Å². The third-order valence-corrected chi connectivity index (χ3v) is 3.09. The topological polar surface area (TPSA) is 76.7 Å². The molecule has 0 saturated carbocycles. The lowest BCUT2D eigenvalue weighted by atomic mass is 10.2. The van der Waals surface area contributed by atoms with Crippen molar-refractivity contribution >= 4 is 23.8 Å². The van der Waals surface area contributed by atoms with E-state index in [1.807, 2.05) is 0 Å². The van der Waals surface area contributed by atoms with Gasteiger partial charge in [-0.15, -0.1) is 0 Å². The number of amides is 2. The first-order chi connectivity index (χ1) is 10.6. The molecule has 2 rings (SSSR count). The molecule has 0 aliphatic rings. The van der Waals surface area contributed by atoms with Crippen LogP contribution in [0.1, 0.15) is 11.1 Å². The van der Waals surface area contributed by atoms with Crippen molar-refractivity contribution in [2.75, 3.05) is 0 Å². The van der Waals surface area contributed by atoms with Crippen LogP contribution in [0.15, 0.2) is 47.6 Å². The molecule has 22 heavy (non-hydrogen) atoms. The second-order valence-electron chi connectivity index (χ2n) is 4.26. The molecular weight excluding hydrogens is 309 g/mol. The SMILES string of the molecule is NC(=O)N/N=C/c1ccccc1OCc1c(F)cccc1Cl. The zero-order valence-corrected chi connectivity index (χ0v) is 12.2. The summed E-state index contributed by atoms with van der Waals surface area (Å²) in [5, 5.41) is 3.96. The molecule has 0 bridgehead atoms. The van der Waals surface area contributed by atoms with Crippen LogP contribution >= 0.6 is 11.6 Å². The second kappa shape index (κ2) is 7.42. The maximum atomic E-state index is 13.7. The summed E-state index contributed by atoms with van der Waals surface area (Å²) >= 11 is 5.95. The number of ether oxygens (including phenoxy) is 1. The molecule has 0 aliphatic heterocycles. The maximum absolute atomic E-state index is 13.7. The number of hydrazone groups is 1.